The number of methoxy groups -OCH3 is 1. The molecule has 112 valence electrons. The SMILES string of the molecule is COc1cccc(CCCNC(=O)C2CCCN2)c1.Cl. The quantitative estimate of drug-likeness (QED) is 0.789. The number of benzene rings is 1. The van der Waals surface area contributed by atoms with Crippen LogP contribution in [0.2, 0.25) is 0 Å². The molecule has 0 aromatic heterocycles. The zero-order valence-electron chi connectivity index (χ0n) is 11.9. The van der Waals surface area contributed by atoms with Crippen LogP contribution in [0.15, 0.2) is 24.3 Å². The molecule has 2 N–H and O–H groups in total. The largest absolute Gasteiger partial charge is 0.497 e. The zero-order chi connectivity index (χ0) is 13.5. The van der Waals surface area contributed by atoms with Crippen molar-refractivity contribution in [2.24, 2.45) is 0 Å². The van der Waals surface area contributed by atoms with Gasteiger partial charge < -0.3 is 15.4 Å². The fraction of sp³-hybridized carbons (Fsp3) is 0.533. The maximum Gasteiger partial charge on any atom is 0.237 e. The number of amides is 1. The van der Waals surface area contributed by atoms with Gasteiger partial charge in [0.1, 0.15) is 5.75 Å². The molecule has 0 aliphatic carbocycles. The van der Waals surface area contributed by atoms with Crippen LogP contribution in [0.1, 0.15) is 24.8 Å². The van der Waals surface area contributed by atoms with Gasteiger partial charge in [-0.3, -0.25) is 4.79 Å². The first-order valence-electron chi connectivity index (χ1n) is 6.93. The van der Waals surface area contributed by atoms with Gasteiger partial charge in [0.15, 0.2) is 0 Å². The van der Waals surface area contributed by atoms with E-state index in [0.29, 0.717) is 0 Å². The second kappa shape index (κ2) is 8.82. The van der Waals surface area contributed by atoms with E-state index in [1.165, 1.54) is 5.56 Å². The number of rotatable bonds is 6. The first-order valence-corrected chi connectivity index (χ1v) is 6.93. The molecule has 0 spiro atoms. The lowest BCUT2D eigenvalue weighted by atomic mass is 10.1. The Hall–Kier alpha value is -1.26. The maximum absolute atomic E-state index is 11.8. The fourth-order valence-electron chi connectivity index (χ4n) is 2.36. The van der Waals surface area contributed by atoms with Crippen molar-refractivity contribution in [2.75, 3.05) is 20.2 Å². The second-order valence-corrected chi connectivity index (χ2v) is 4.90. The highest BCUT2D eigenvalue weighted by atomic mass is 35.5. The Morgan fingerprint density at radius 3 is 3.05 bits per heavy atom. The number of nitrogens with one attached hydrogen (secondary N) is 2. The Morgan fingerprint density at radius 2 is 2.35 bits per heavy atom. The minimum atomic E-state index is 0. The molecule has 1 aliphatic rings. The molecule has 2 rings (SSSR count). The molecule has 1 heterocycles. The summed E-state index contributed by atoms with van der Waals surface area (Å²) in [6.45, 7) is 1.69. The van der Waals surface area contributed by atoms with Crippen LogP contribution in [0.25, 0.3) is 0 Å². The van der Waals surface area contributed by atoms with Gasteiger partial charge in [-0.2, -0.15) is 0 Å². The average molecular weight is 299 g/mol. The third-order valence-corrected chi connectivity index (χ3v) is 3.45. The van der Waals surface area contributed by atoms with Crippen molar-refractivity contribution in [1.29, 1.82) is 0 Å². The highest BCUT2D eigenvalue weighted by Crippen LogP contribution is 2.13. The summed E-state index contributed by atoms with van der Waals surface area (Å²) < 4.78 is 5.19. The van der Waals surface area contributed by atoms with E-state index < -0.39 is 0 Å². The third-order valence-electron chi connectivity index (χ3n) is 3.45. The standard InChI is InChI=1S/C15H22N2O2.ClH/c1-19-13-7-2-5-12(11-13)6-3-10-17-15(18)14-8-4-9-16-14;/h2,5,7,11,14,16H,3-4,6,8-10H2,1H3,(H,17,18);1H. The van der Waals surface area contributed by atoms with Gasteiger partial charge in [-0.15, -0.1) is 12.4 Å². The van der Waals surface area contributed by atoms with Crippen molar-refractivity contribution < 1.29 is 9.53 Å². The summed E-state index contributed by atoms with van der Waals surface area (Å²) in [4.78, 5) is 11.8. The summed E-state index contributed by atoms with van der Waals surface area (Å²) in [5, 5.41) is 6.19. The molecule has 0 saturated carbocycles. The molecule has 1 aromatic carbocycles. The van der Waals surface area contributed by atoms with Crippen molar-refractivity contribution in [3.63, 3.8) is 0 Å². The molecular formula is C15H23ClN2O2. The van der Waals surface area contributed by atoms with Crippen molar-refractivity contribution in [3.05, 3.63) is 29.8 Å². The Kier molecular flexibility index (Phi) is 7.41. The maximum atomic E-state index is 11.8. The smallest absolute Gasteiger partial charge is 0.237 e. The van der Waals surface area contributed by atoms with E-state index in [0.717, 1.165) is 44.5 Å². The van der Waals surface area contributed by atoms with Gasteiger partial charge in [0, 0.05) is 6.54 Å². The highest BCUT2D eigenvalue weighted by Gasteiger charge is 2.20. The molecule has 1 atom stereocenters. The highest BCUT2D eigenvalue weighted by molar-refractivity contribution is 5.85. The van der Waals surface area contributed by atoms with Gasteiger partial charge in [-0.25, -0.2) is 0 Å². The monoisotopic (exact) mass is 298 g/mol. The van der Waals surface area contributed by atoms with E-state index in [1.54, 1.807) is 7.11 Å². The van der Waals surface area contributed by atoms with E-state index in [1.807, 2.05) is 18.2 Å². The number of halogens is 1. The van der Waals surface area contributed by atoms with Crippen LogP contribution in [0.4, 0.5) is 0 Å². The molecule has 1 unspecified atom stereocenters. The number of hydrogen-bond acceptors (Lipinski definition) is 3. The van der Waals surface area contributed by atoms with Crippen LogP contribution >= 0.6 is 12.4 Å². The molecule has 5 heteroatoms. The van der Waals surface area contributed by atoms with E-state index in [4.69, 9.17) is 4.74 Å². The Morgan fingerprint density at radius 1 is 1.50 bits per heavy atom. The molecule has 1 amide bonds. The van der Waals surface area contributed by atoms with E-state index in [9.17, 15) is 4.79 Å². The Bertz CT molecular complexity index is 420. The molecule has 20 heavy (non-hydrogen) atoms. The number of carbonyl (C=O) groups is 1. The second-order valence-electron chi connectivity index (χ2n) is 4.90. The zero-order valence-corrected chi connectivity index (χ0v) is 12.7. The molecule has 1 aliphatic heterocycles. The minimum absolute atomic E-state index is 0. The van der Waals surface area contributed by atoms with Gasteiger partial charge in [-0.05, 0) is 49.9 Å². The summed E-state index contributed by atoms with van der Waals surface area (Å²) in [6, 6.07) is 8.09. The summed E-state index contributed by atoms with van der Waals surface area (Å²) in [5.41, 5.74) is 1.24. The van der Waals surface area contributed by atoms with Crippen molar-refractivity contribution in [3.8, 4) is 5.75 Å². The third kappa shape index (κ3) is 5.02. The summed E-state index contributed by atoms with van der Waals surface area (Å²) in [7, 11) is 1.67. The molecule has 0 bridgehead atoms. The number of ether oxygens (including phenoxy) is 1. The van der Waals surface area contributed by atoms with Crippen molar-refractivity contribution in [1.82, 2.24) is 10.6 Å². The van der Waals surface area contributed by atoms with Gasteiger partial charge in [0.2, 0.25) is 5.91 Å². The fourth-order valence-corrected chi connectivity index (χ4v) is 2.36. The van der Waals surface area contributed by atoms with E-state index in [2.05, 4.69) is 16.7 Å². The predicted octanol–water partition coefficient (Wildman–Crippen LogP) is 1.92. The van der Waals surface area contributed by atoms with Crippen LogP contribution < -0.4 is 15.4 Å². The number of hydrogen-bond donors (Lipinski definition) is 2. The van der Waals surface area contributed by atoms with E-state index >= 15 is 0 Å². The van der Waals surface area contributed by atoms with Crippen LogP contribution in [0.5, 0.6) is 5.75 Å². The van der Waals surface area contributed by atoms with Crippen LogP contribution in [-0.4, -0.2) is 32.1 Å². The molecule has 1 fully saturated rings. The topological polar surface area (TPSA) is 50.4 Å². The molecule has 1 aromatic rings. The Labute approximate surface area is 126 Å². The van der Waals surface area contributed by atoms with Crippen LogP contribution in [0.3, 0.4) is 0 Å². The lowest BCUT2D eigenvalue weighted by molar-refractivity contribution is -0.122. The lowest BCUT2D eigenvalue weighted by Gasteiger charge is -2.11. The first kappa shape index (κ1) is 16.8. The first-order chi connectivity index (χ1) is 9.29. The summed E-state index contributed by atoms with van der Waals surface area (Å²) >= 11 is 0. The number of aryl methyl sites for hydroxylation is 1. The normalized spacial score (nSPS) is 17.4. The van der Waals surface area contributed by atoms with Crippen molar-refractivity contribution >= 4 is 18.3 Å². The van der Waals surface area contributed by atoms with Crippen molar-refractivity contribution in [2.45, 2.75) is 31.7 Å². The van der Waals surface area contributed by atoms with Gasteiger partial charge in [0.05, 0.1) is 13.2 Å². The van der Waals surface area contributed by atoms with Crippen LogP contribution in [-0.2, 0) is 11.2 Å². The van der Waals surface area contributed by atoms with Gasteiger partial charge in [-0.1, -0.05) is 12.1 Å². The average Bonchev–Trinajstić information content (AvgIpc) is 2.98. The van der Waals surface area contributed by atoms with Gasteiger partial charge >= 0.3 is 0 Å². The number of carbonyl (C=O) groups excluding carboxylic acids is 1. The molecule has 1 saturated heterocycles. The van der Waals surface area contributed by atoms with Gasteiger partial charge in [0.25, 0.3) is 0 Å². The van der Waals surface area contributed by atoms with E-state index in [-0.39, 0.29) is 24.4 Å². The minimum Gasteiger partial charge on any atom is -0.497 e. The summed E-state index contributed by atoms with van der Waals surface area (Å²) in [5.74, 6) is 1.03. The lowest BCUT2D eigenvalue weighted by Crippen LogP contribution is -2.40. The summed E-state index contributed by atoms with van der Waals surface area (Å²) in [6.07, 6.45) is 3.96. The molecule has 4 nitrogen and oxygen atoms in total. The predicted molar refractivity (Wildman–Crippen MR) is 82.6 cm³/mol. The van der Waals surface area contributed by atoms with Crippen LogP contribution in [0, 0.1) is 0 Å². The molecular weight excluding hydrogens is 276 g/mol. The Balaban J connectivity index is 0.00000200. The molecule has 0 radical (unpaired) electrons.